The minimum atomic E-state index is -0.166. The number of allylic oxidation sites excluding steroid dienone is 1. The molecule has 0 spiro atoms. The van der Waals surface area contributed by atoms with Crippen LogP contribution in [0.25, 0.3) is 5.70 Å². The van der Waals surface area contributed by atoms with Crippen molar-refractivity contribution >= 4 is 35.0 Å². The number of rotatable bonds is 7. The third kappa shape index (κ3) is 4.12. The van der Waals surface area contributed by atoms with Gasteiger partial charge in [0.1, 0.15) is 11.5 Å². The van der Waals surface area contributed by atoms with Crippen LogP contribution < -0.4 is 16.1 Å². The fourth-order valence-electron chi connectivity index (χ4n) is 2.64. The predicted octanol–water partition coefficient (Wildman–Crippen LogP) is 3.00. The van der Waals surface area contributed by atoms with Gasteiger partial charge in [-0.05, 0) is 32.1 Å². The molecule has 142 valence electrons. The maximum absolute atomic E-state index is 12.5. The van der Waals surface area contributed by atoms with Crippen LogP contribution in [-0.2, 0) is 6.54 Å². The second-order valence-corrected chi connectivity index (χ2v) is 5.91. The van der Waals surface area contributed by atoms with E-state index in [9.17, 15) is 4.79 Å². The van der Waals surface area contributed by atoms with Crippen LogP contribution in [0.2, 0.25) is 0 Å². The Labute approximate surface area is 163 Å². The third-order valence-electron chi connectivity index (χ3n) is 4.02. The molecule has 0 bridgehead atoms. The van der Waals surface area contributed by atoms with Crippen molar-refractivity contribution in [3.05, 3.63) is 66.3 Å². The maximum atomic E-state index is 12.5. The van der Waals surface area contributed by atoms with E-state index in [1.165, 1.54) is 0 Å². The first-order valence-electron chi connectivity index (χ1n) is 8.73. The van der Waals surface area contributed by atoms with Crippen LogP contribution in [0.15, 0.2) is 59.5 Å². The number of hydrazone groups is 1. The molecule has 28 heavy (non-hydrogen) atoms. The zero-order chi connectivity index (χ0) is 19.9. The normalized spacial score (nSPS) is 14.0. The number of nitrogens with zero attached hydrogens (tertiary/aromatic N) is 4. The van der Waals surface area contributed by atoms with E-state index < -0.39 is 0 Å². The lowest BCUT2D eigenvalue weighted by molar-refractivity contribution is 0.0966. The lowest BCUT2D eigenvalue weighted by Gasteiger charge is -2.13. The van der Waals surface area contributed by atoms with Crippen molar-refractivity contribution in [1.29, 1.82) is 0 Å². The molecule has 3 N–H and O–H groups in total. The van der Waals surface area contributed by atoms with Gasteiger partial charge in [-0.15, -0.1) is 0 Å². The molecule has 1 aliphatic heterocycles. The number of hydrogen-bond acceptors (Lipinski definition) is 7. The van der Waals surface area contributed by atoms with Gasteiger partial charge in [-0.2, -0.15) is 5.10 Å². The highest BCUT2D eigenvalue weighted by molar-refractivity contribution is 6.05. The van der Waals surface area contributed by atoms with Crippen LogP contribution >= 0.6 is 0 Å². The van der Waals surface area contributed by atoms with Crippen molar-refractivity contribution < 1.29 is 4.79 Å². The van der Waals surface area contributed by atoms with Gasteiger partial charge in [-0.1, -0.05) is 12.6 Å². The maximum Gasteiger partial charge on any atom is 0.254 e. The summed E-state index contributed by atoms with van der Waals surface area (Å²) in [6, 6.07) is 5.51. The van der Waals surface area contributed by atoms with Crippen molar-refractivity contribution in [3.63, 3.8) is 0 Å². The highest BCUT2D eigenvalue weighted by Crippen LogP contribution is 2.30. The molecular formula is C20H21N7O. The Morgan fingerprint density at radius 1 is 1.36 bits per heavy atom. The number of pyridine rings is 2. The van der Waals surface area contributed by atoms with Gasteiger partial charge in [0.25, 0.3) is 5.91 Å². The van der Waals surface area contributed by atoms with E-state index in [0.29, 0.717) is 35.0 Å². The largest absolute Gasteiger partial charge is 0.348 e. The number of aliphatic imine (C=N–C) groups is 1. The van der Waals surface area contributed by atoms with Gasteiger partial charge in [0.05, 0.1) is 29.3 Å². The van der Waals surface area contributed by atoms with Gasteiger partial charge in [0, 0.05) is 30.2 Å². The SMILES string of the molecule is C=CC(C)=N/C=C(\N/N=C\C)c1ncc(Nc2ccccn2)c2c1CNC2=O. The highest BCUT2D eigenvalue weighted by atomic mass is 16.1. The molecule has 3 rings (SSSR count). The minimum absolute atomic E-state index is 0.166. The zero-order valence-corrected chi connectivity index (χ0v) is 15.7. The quantitative estimate of drug-likeness (QED) is 0.510. The average Bonchev–Trinajstić information content (AvgIpc) is 3.11. The average molecular weight is 375 g/mol. The third-order valence-corrected chi connectivity index (χ3v) is 4.02. The van der Waals surface area contributed by atoms with Gasteiger partial charge < -0.3 is 10.6 Å². The molecule has 1 amide bonds. The van der Waals surface area contributed by atoms with Crippen molar-refractivity contribution in [2.24, 2.45) is 10.1 Å². The minimum Gasteiger partial charge on any atom is -0.348 e. The van der Waals surface area contributed by atoms with E-state index in [-0.39, 0.29) is 5.91 Å². The van der Waals surface area contributed by atoms with Crippen molar-refractivity contribution in [2.75, 3.05) is 5.32 Å². The van der Waals surface area contributed by atoms with Crippen LogP contribution in [0.3, 0.4) is 0 Å². The lowest BCUT2D eigenvalue weighted by atomic mass is 10.1. The number of amides is 1. The molecule has 0 saturated carbocycles. The second kappa shape index (κ2) is 8.72. The fourth-order valence-corrected chi connectivity index (χ4v) is 2.64. The topological polar surface area (TPSA) is 104 Å². The van der Waals surface area contributed by atoms with E-state index in [1.807, 2.05) is 25.1 Å². The Balaban J connectivity index is 2.06. The molecule has 3 heterocycles. The van der Waals surface area contributed by atoms with Crippen LogP contribution in [0.5, 0.6) is 0 Å². The molecule has 0 saturated heterocycles. The Bertz CT molecular complexity index is 978. The first-order chi connectivity index (χ1) is 13.6. The van der Waals surface area contributed by atoms with E-state index >= 15 is 0 Å². The molecule has 0 unspecified atom stereocenters. The lowest BCUT2D eigenvalue weighted by Crippen LogP contribution is -2.13. The van der Waals surface area contributed by atoms with Gasteiger partial charge in [0.15, 0.2) is 0 Å². The molecular weight excluding hydrogens is 354 g/mol. The summed E-state index contributed by atoms with van der Waals surface area (Å²) in [4.78, 5) is 25.6. The van der Waals surface area contributed by atoms with Gasteiger partial charge >= 0.3 is 0 Å². The van der Waals surface area contributed by atoms with Gasteiger partial charge in [-0.3, -0.25) is 20.2 Å². The summed E-state index contributed by atoms with van der Waals surface area (Å²) in [6.45, 7) is 7.70. The number of nitrogens with one attached hydrogen (secondary N) is 3. The molecule has 0 aromatic carbocycles. The van der Waals surface area contributed by atoms with Gasteiger partial charge in [-0.25, -0.2) is 4.98 Å². The van der Waals surface area contributed by atoms with E-state index in [0.717, 1.165) is 11.3 Å². The number of fused-ring (bicyclic) bond motifs is 1. The van der Waals surface area contributed by atoms with Crippen LogP contribution in [-0.4, -0.2) is 27.8 Å². The van der Waals surface area contributed by atoms with E-state index in [2.05, 4.69) is 42.7 Å². The van der Waals surface area contributed by atoms with E-state index in [1.54, 1.807) is 37.8 Å². The Morgan fingerprint density at radius 3 is 2.93 bits per heavy atom. The smallest absolute Gasteiger partial charge is 0.254 e. The molecule has 2 aromatic rings. The van der Waals surface area contributed by atoms with Crippen LogP contribution in [0.1, 0.15) is 35.5 Å². The molecule has 0 fully saturated rings. The van der Waals surface area contributed by atoms with Crippen LogP contribution in [0, 0.1) is 0 Å². The molecule has 0 radical (unpaired) electrons. The molecule has 2 aromatic heterocycles. The standard InChI is InChI=1S/C20H21N7O/c1-4-13(3)22-12-16(27-25-5-2)19-14-10-24-20(28)18(14)15(11-23-19)26-17-8-6-7-9-21-17/h4-9,11-12,27H,1,10H2,2-3H3,(H,21,26)(H,24,28)/b16-12-,22-13?,25-5-. The zero-order valence-electron chi connectivity index (χ0n) is 15.7. The second-order valence-electron chi connectivity index (χ2n) is 5.91. The van der Waals surface area contributed by atoms with Crippen molar-refractivity contribution in [2.45, 2.75) is 20.4 Å². The Morgan fingerprint density at radius 2 is 2.21 bits per heavy atom. The summed E-state index contributed by atoms with van der Waals surface area (Å²) in [7, 11) is 0. The summed E-state index contributed by atoms with van der Waals surface area (Å²) in [5, 5.41) is 10.1. The number of anilines is 2. The summed E-state index contributed by atoms with van der Waals surface area (Å²) >= 11 is 0. The molecule has 8 heteroatoms. The number of carbonyl (C=O) groups excluding carboxylic acids is 1. The summed E-state index contributed by atoms with van der Waals surface area (Å²) in [6.07, 6.45) is 8.20. The van der Waals surface area contributed by atoms with Crippen LogP contribution in [0.4, 0.5) is 11.5 Å². The first-order valence-corrected chi connectivity index (χ1v) is 8.73. The summed E-state index contributed by atoms with van der Waals surface area (Å²) < 4.78 is 0. The monoisotopic (exact) mass is 375 g/mol. The highest BCUT2D eigenvalue weighted by Gasteiger charge is 2.28. The predicted molar refractivity (Wildman–Crippen MR) is 112 cm³/mol. The molecule has 8 nitrogen and oxygen atoms in total. The Kier molecular flexibility index (Phi) is 5.91. The number of carbonyl (C=O) groups is 1. The van der Waals surface area contributed by atoms with Crippen molar-refractivity contribution in [1.82, 2.24) is 20.7 Å². The van der Waals surface area contributed by atoms with Crippen molar-refractivity contribution in [3.8, 4) is 0 Å². The van der Waals surface area contributed by atoms with Gasteiger partial charge in [0.2, 0.25) is 0 Å². The first kappa shape index (κ1) is 19.0. The molecule has 0 atom stereocenters. The molecule has 1 aliphatic rings. The molecule has 0 aliphatic carbocycles. The fraction of sp³-hybridized carbons (Fsp3) is 0.150. The Hall–Kier alpha value is -3.81. The number of hydrogen-bond donors (Lipinski definition) is 3. The number of aromatic nitrogens is 2. The van der Waals surface area contributed by atoms with E-state index in [4.69, 9.17) is 0 Å². The summed E-state index contributed by atoms with van der Waals surface area (Å²) in [5.74, 6) is 0.468. The summed E-state index contributed by atoms with van der Waals surface area (Å²) in [5.41, 5.74) is 6.76.